The maximum atomic E-state index is 11.5. The first kappa shape index (κ1) is 13.7. The molecule has 2 atom stereocenters. The van der Waals surface area contributed by atoms with Crippen molar-refractivity contribution in [3.8, 4) is 0 Å². The summed E-state index contributed by atoms with van der Waals surface area (Å²) in [7, 11) is 0. The van der Waals surface area contributed by atoms with E-state index in [-0.39, 0.29) is 6.61 Å². The quantitative estimate of drug-likeness (QED) is 0.730. The largest absolute Gasteiger partial charge is 0.460 e. The standard InChI is InChI=1S/C13H19NO3/c1-2-6-11(15)12(14)13(16)17-9-10-7-4-3-5-8-10/h3-5,7-8,11-12,15H,2,6,9,14H2,1H3/t11-,12+/m0/s1. The highest BCUT2D eigenvalue weighted by atomic mass is 16.5. The van der Waals surface area contributed by atoms with Crippen molar-refractivity contribution in [2.24, 2.45) is 5.73 Å². The van der Waals surface area contributed by atoms with Gasteiger partial charge in [0.25, 0.3) is 0 Å². The second-order valence-corrected chi connectivity index (χ2v) is 3.98. The van der Waals surface area contributed by atoms with E-state index in [1.807, 2.05) is 37.3 Å². The minimum Gasteiger partial charge on any atom is -0.460 e. The number of esters is 1. The van der Waals surface area contributed by atoms with Crippen molar-refractivity contribution >= 4 is 5.97 Å². The number of ether oxygens (including phenoxy) is 1. The molecule has 0 amide bonds. The highest BCUT2D eigenvalue weighted by Crippen LogP contribution is 2.05. The molecule has 1 rings (SSSR count). The molecule has 0 radical (unpaired) electrons. The maximum absolute atomic E-state index is 11.5. The van der Waals surface area contributed by atoms with Crippen molar-refractivity contribution in [3.63, 3.8) is 0 Å². The third kappa shape index (κ3) is 4.54. The summed E-state index contributed by atoms with van der Waals surface area (Å²) in [4.78, 5) is 11.5. The highest BCUT2D eigenvalue weighted by Gasteiger charge is 2.23. The van der Waals surface area contributed by atoms with Crippen molar-refractivity contribution < 1.29 is 14.6 Å². The Hall–Kier alpha value is -1.39. The van der Waals surface area contributed by atoms with Crippen molar-refractivity contribution in [2.75, 3.05) is 0 Å². The van der Waals surface area contributed by atoms with Gasteiger partial charge in [0.2, 0.25) is 0 Å². The van der Waals surface area contributed by atoms with Gasteiger partial charge in [-0.1, -0.05) is 43.7 Å². The second-order valence-electron chi connectivity index (χ2n) is 3.98. The van der Waals surface area contributed by atoms with Crippen LogP contribution in [-0.4, -0.2) is 23.2 Å². The molecule has 0 saturated heterocycles. The number of aliphatic hydroxyl groups excluding tert-OH is 1. The van der Waals surface area contributed by atoms with Crippen LogP contribution < -0.4 is 5.73 Å². The molecule has 17 heavy (non-hydrogen) atoms. The fourth-order valence-electron chi connectivity index (χ4n) is 1.46. The molecule has 0 aliphatic heterocycles. The van der Waals surface area contributed by atoms with Gasteiger partial charge in [-0.25, -0.2) is 0 Å². The van der Waals surface area contributed by atoms with Crippen LogP contribution in [0, 0.1) is 0 Å². The molecule has 4 heteroatoms. The predicted octanol–water partition coefficient (Wildman–Crippen LogP) is 1.22. The van der Waals surface area contributed by atoms with Gasteiger partial charge in [-0.15, -0.1) is 0 Å². The van der Waals surface area contributed by atoms with Gasteiger partial charge in [0.1, 0.15) is 12.6 Å². The van der Waals surface area contributed by atoms with Crippen molar-refractivity contribution in [1.82, 2.24) is 0 Å². The number of carbonyl (C=O) groups excluding carboxylic acids is 1. The normalized spacial score (nSPS) is 14.1. The van der Waals surface area contributed by atoms with Crippen LogP contribution in [-0.2, 0) is 16.1 Å². The average Bonchev–Trinajstić information content (AvgIpc) is 2.36. The Morgan fingerprint density at radius 3 is 2.65 bits per heavy atom. The van der Waals surface area contributed by atoms with Crippen molar-refractivity contribution in [1.29, 1.82) is 0 Å². The van der Waals surface area contributed by atoms with Crippen LogP contribution in [0.25, 0.3) is 0 Å². The zero-order chi connectivity index (χ0) is 12.7. The topological polar surface area (TPSA) is 72.5 Å². The third-order valence-corrected chi connectivity index (χ3v) is 2.50. The van der Waals surface area contributed by atoms with Gasteiger partial charge < -0.3 is 15.6 Å². The molecule has 0 bridgehead atoms. The number of nitrogens with two attached hydrogens (primary N) is 1. The van der Waals surface area contributed by atoms with Crippen LogP contribution >= 0.6 is 0 Å². The van der Waals surface area contributed by atoms with Gasteiger partial charge in [-0.05, 0) is 12.0 Å². The Balaban J connectivity index is 2.39. The van der Waals surface area contributed by atoms with E-state index in [4.69, 9.17) is 10.5 Å². The number of hydrogen-bond donors (Lipinski definition) is 2. The maximum Gasteiger partial charge on any atom is 0.325 e. The molecule has 0 aliphatic carbocycles. The lowest BCUT2D eigenvalue weighted by atomic mass is 10.1. The van der Waals surface area contributed by atoms with Gasteiger partial charge in [0.05, 0.1) is 6.10 Å². The van der Waals surface area contributed by atoms with Crippen LogP contribution in [0.15, 0.2) is 30.3 Å². The molecule has 0 saturated carbocycles. The van der Waals surface area contributed by atoms with E-state index in [1.165, 1.54) is 0 Å². The summed E-state index contributed by atoms with van der Waals surface area (Å²) in [5.41, 5.74) is 6.49. The Labute approximate surface area is 101 Å². The number of carbonyl (C=O) groups is 1. The molecule has 0 aliphatic rings. The SMILES string of the molecule is CCC[C@H](O)[C@@H](N)C(=O)OCc1ccccc1. The molecular weight excluding hydrogens is 218 g/mol. The summed E-state index contributed by atoms with van der Waals surface area (Å²) >= 11 is 0. The second kappa shape index (κ2) is 7.04. The summed E-state index contributed by atoms with van der Waals surface area (Å²) in [6, 6.07) is 8.40. The van der Waals surface area contributed by atoms with E-state index in [1.54, 1.807) is 0 Å². The Morgan fingerprint density at radius 2 is 2.06 bits per heavy atom. The smallest absolute Gasteiger partial charge is 0.325 e. The summed E-state index contributed by atoms with van der Waals surface area (Å²) in [6.07, 6.45) is 0.450. The van der Waals surface area contributed by atoms with E-state index in [2.05, 4.69) is 0 Å². The third-order valence-electron chi connectivity index (χ3n) is 2.50. The number of benzene rings is 1. The zero-order valence-corrected chi connectivity index (χ0v) is 10.0. The number of hydrogen-bond acceptors (Lipinski definition) is 4. The Kier molecular flexibility index (Phi) is 5.66. The first-order chi connectivity index (χ1) is 8.15. The van der Waals surface area contributed by atoms with Crippen LogP contribution in [0.4, 0.5) is 0 Å². The minimum absolute atomic E-state index is 0.187. The van der Waals surface area contributed by atoms with E-state index in [9.17, 15) is 9.90 Å². The lowest BCUT2D eigenvalue weighted by Gasteiger charge is -2.16. The molecule has 0 aromatic heterocycles. The van der Waals surface area contributed by atoms with Crippen molar-refractivity contribution in [2.45, 2.75) is 38.5 Å². The van der Waals surface area contributed by atoms with Crippen LogP contribution in [0.3, 0.4) is 0 Å². The monoisotopic (exact) mass is 237 g/mol. The van der Waals surface area contributed by atoms with Gasteiger partial charge in [0, 0.05) is 0 Å². The first-order valence-corrected chi connectivity index (χ1v) is 5.79. The van der Waals surface area contributed by atoms with Gasteiger partial charge >= 0.3 is 5.97 Å². The van der Waals surface area contributed by atoms with Crippen LogP contribution in [0.1, 0.15) is 25.3 Å². The average molecular weight is 237 g/mol. The van der Waals surface area contributed by atoms with Crippen LogP contribution in [0.2, 0.25) is 0 Å². The van der Waals surface area contributed by atoms with E-state index in [0.717, 1.165) is 12.0 Å². The lowest BCUT2D eigenvalue weighted by Crippen LogP contribution is -2.42. The fourth-order valence-corrected chi connectivity index (χ4v) is 1.46. The van der Waals surface area contributed by atoms with E-state index in [0.29, 0.717) is 6.42 Å². The molecule has 3 N–H and O–H groups in total. The molecular formula is C13H19NO3. The number of rotatable bonds is 6. The summed E-state index contributed by atoms with van der Waals surface area (Å²) < 4.78 is 5.03. The summed E-state index contributed by atoms with van der Waals surface area (Å²) in [5, 5.41) is 9.56. The zero-order valence-electron chi connectivity index (χ0n) is 10.0. The van der Waals surface area contributed by atoms with Gasteiger partial charge in [-0.2, -0.15) is 0 Å². The fraction of sp³-hybridized carbons (Fsp3) is 0.462. The molecule has 94 valence electrons. The molecule has 1 aromatic carbocycles. The molecule has 4 nitrogen and oxygen atoms in total. The molecule has 0 unspecified atom stereocenters. The molecule has 0 spiro atoms. The highest BCUT2D eigenvalue weighted by molar-refractivity contribution is 5.76. The van der Waals surface area contributed by atoms with Gasteiger partial charge in [-0.3, -0.25) is 4.79 Å². The lowest BCUT2D eigenvalue weighted by molar-refractivity contribution is -0.149. The predicted molar refractivity (Wildman–Crippen MR) is 65.1 cm³/mol. The Bertz CT molecular complexity index is 340. The molecule has 1 aromatic rings. The molecule has 0 fully saturated rings. The van der Waals surface area contributed by atoms with E-state index >= 15 is 0 Å². The van der Waals surface area contributed by atoms with E-state index < -0.39 is 18.1 Å². The van der Waals surface area contributed by atoms with Crippen molar-refractivity contribution in [3.05, 3.63) is 35.9 Å². The van der Waals surface area contributed by atoms with Gasteiger partial charge in [0.15, 0.2) is 0 Å². The molecule has 0 heterocycles. The summed E-state index contributed by atoms with van der Waals surface area (Å²) in [5.74, 6) is -0.560. The van der Waals surface area contributed by atoms with Crippen LogP contribution in [0.5, 0.6) is 0 Å². The summed E-state index contributed by atoms with van der Waals surface area (Å²) in [6.45, 7) is 2.11. The number of aliphatic hydroxyl groups is 1. The minimum atomic E-state index is -0.960. The first-order valence-electron chi connectivity index (χ1n) is 5.79. The Morgan fingerprint density at radius 1 is 1.41 bits per heavy atom.